The lowest BCUT2D eigenvalue weighted by Gasteiger charge is -2.28. The van der Waals surface area contributed by atoms with Crippen LogP contribution in [-0.2, 0) is 13.5 Å². The number of rotatable bonds is 5. The van der Waals surface area contributed by atoms with Crippen molar-refractivity contribution < 1.29 is 0 Å². The number of aromatic nitrogens is 2. The molecule has 1 aromatic rings. The topological polar surface area (TPSA) is 17.8 Å². The molecule has 0 saturated carbocycles. The van der Waals surface area contributed by atoms with Gasteiger partial charge in [-0.05, 0) is 30.2 Å². The summed E-state index contributed by atoms with van der Waals surface area (Å²) in [4.78, 5) is 0. The summed E-state index contributed by atoms with van der Waals surface area (Å²) in [7, 11) is 1.95. The maximum absolute atomic E-state index is 6.05. The molecule has 0 saturated heterocycles. The van der Waals surface area contributed by atoms with Gasteiger partial charge in [-0.25, -0.2) is 0 Å². The largest absolute Gasteiger partial charge is 0.276 e. The normalized spacial score (nSPS) is 12.0. The van der Waals surface area contributed by atoms with Crippen molar-refractivity contribution in [3.8, 4) is 0 Å². The molecule has 0 aromatic carbocycles. The molecule has 0 radical (unpaired) electrons. The van der Waals surface area contributed by atoms with Gasteiger partial charge in [0.05, 0.1) is 6.20 Å². The van der Waals surface area contributed by atoms with Crippen molar-refractivity contribution in [1.29, 1.82) is 0 Å². The lowest BCUT2D eigenvalue weighted by molar-refractivity contribution is 0.302. The first-order valence-corrected chi connectivity index (χ1v) is 5.72. The van der Waals surface area contributed by atoms with Crippen LogP contribution < -0.4 is 0 Å². The molecule has 0 atom stereocenters. The Morgan fingerprint density at radius 3 is 2.43 bits per heavy atom. The van der Waals surface area contributed by atoms with Crippen molar-refractivity contribution in [1.82, 2.24) is 9.78 Å². The summed E-state index contributed by atoms with van der Waals surface area (Å²) in [6, 6.07) is 0. The number of alkyl halides is 1. The van der Waals surface area contributed by atoms with Gasteiger partial charge in [-0.1, -0.05) is 13.8 Å². The first-order valence-electron chi connectivity index (χ1n) is 5.19. The van der Waals surface area contributed by atoms with Crippen molar-refractivity contribution in [2.24, 2.45) is 12.5 Å². The first-order chi connectivity index (χ1) is 6.65. The van der Waals surface area contributed by atoms with E-state index in [1.165, 1.54) is 5.56 Å². The summed E-state index contributed by atoms with van der Waals surface area (Å²) >= 11 is 6.05. The van der Waals surface area contributed by atoms with Crippen molar-refractivity contribution in [2.45, 2.75) is 33.1 Å². The molecule has 0 spiro atoms. The van der Waals surface area contributed by atoms with Crippen LogP contribution in [0.15, 0.2) is 12.4 Å². The Kier molecular flexibility index (Phi) is 3.99. The zero-order chi connectivity index (χ0) is 10.6. The Balaban J connectivity index is 2.73. The zero-order valence-corrected chi connectivity index (χ0v) is 10.0. The maximum Gasteiger partial charge on any atom is 0.0521 e. The second-order valence-corrected chi connectivity index (χ2v) is 4.31. The highest BCUT2D eigenvalue weighted by molar-refractivity contribution is 6.18. The average molecular weight is 215 g/mol. The van der Waals surface area contributed by atoms with Crippen molar-refractivity contribution in [3.63, 3.8) is 0 Å². The molecule has 0 aliphatic heterocycles. The third kappa shape index (κ3) is 2.50. The van der Waals surface area contributed by atoms with Gasteiger partial charge in [0.2, 0.25) is 0 Å². The molecule has 0 amide bonds. The van der Waals surface area contributed by atoms with E-state index in [2.05, 4.69) is 25.1 Å². The molecule has 0 bridgehead atoms. The summed E-state index contributed by atoms with van der Waals surface area (Å²) in [5, 5.41) is 4.18. The van der Waals surface area contributed by atoms with Crippen molar-refractivity contribution >= 4 is 11.6 Å². The number of hydrogen-bond acceptors (Lipinski definition) is 1. The second kappa shape index (κ2) is 4.83. The van der Waals surface area contributed by atoms with E-state index in [4.69, 9.17) is 11.6 Å². The van der Waals surface area contributed by atoms with Crippen LogP contribution in [0.5, 0.6) is 0 Å². The zero-order valence-electron chi connectivity index (χ0n) is 9.26. The minimum Gasteiger partial charge on any atom is -0.276 e. The predicted molar refractivity (Wildman–Crippen MR) is 60.6 cm³/mol. The molecule has 80 valence electrons. The Morgan fingerprint density at radius 2 is 2.07 bits per heavy atom. The Bertz CT molecular complexity index is 268. The van der Waals surface area contributed by atoms with Crippen LogP contribution in [0, 0.1) is 5.41 Å². The molecule has 0 fully saturated rings. The molecule has 1 heterocycles. The average Bonchev–Trinajstić information content (AvgIpc) is 2.61. The molecule has 0 N–H and O–H groups in total. The van der Waals surface area contributed by atoms with E-state index in [0.717, 1.165) is 25.1 Å². The highest BCUT2D eigenvalue weighted by Gasteiger charge is 2.25. The van der Waals surface area contributed by atoms with Crippen molar-refractivity contribution in [3.05, 3.63) is 18.0 Å². The van der Waals surface area contributed by atoms with Crippen LogP contribution in [0.3, 0.4) is 0 Å². The highest BCUT2D eigenvalue weighted by atomic mass is 35.5. The van der Waals surface area contributed by atoms with Crippen molar-refractivity contribution in [2.75, 3.05) is 5.88 Å². The molecule has 0 aliphatic rings. The van der Waals surface area contributed by atoms with E-state index in [1.54, 1.807) is 0 Å². The summed E-state index contributed by atoms with van der Waals surface area (Å²) in [5.41, 5.74) is 1.54. The number of aryl methyl sites for hydroxylation is 1. The van der Waals surface area contributed by atoms with Gasteiger partial charge in [-0.15, -0.1) is 11.6 Å². The predicted octanol–water partition coefficient (Wildman–Crippen LogP) is 3.01. The second-order valence-electron chi connectivity index (χ2n) is 4.04. The standard InChI is InChI=1S/C11H19ClN2/c1-4-11(5-2,9-12)6-10-7-13-14(3)8-10/h7-8H,4-6,9H2,1-3H3. The molecule has 1 aromatic heterocycles. The molecule has 0 aliphatic carbocycles. The SMILES string of the molecule is CCC(CC)(CCl)Cc1cnn(C)c1. The minimum atomic E-state index is 0.255. The summed E-state index contributed by atoms with van der Waals surface area (Å²) in [5.74, 6) is 0.731. The van der Waals surface area contributed by atoms with Gasteiger partial charge in [-0.2, -0.15) is 5.10 Å². The van der Waals surface area contributed by atoms with Gasteiger partial charge in [0.25, 0.3) is 0 Å². The van der Waals surface area contributed by atoms with Crippen LogP contribution in [-0.4, -0.2) is 15.7 Å². The molecular weight excluding hydrogens is 196 g/mol. The smallest absolute Gasteiger partial charge is 0.0521 e. The van der Waals surface area contributed by atoms with E-state index in [0.29, 0.717) is 0 Å². The first kappa shape index (κ1) is 11.6. The molecule has 0 unspecified atom stereocenters. The van der Waals surface area contributed by atoms with Gasteiger partial charge >= 0.3 is 0 Å². The lowest BCUT2D eigenvalue weighted by atomic mass is 9.79. The molecular formula is C11H19ClN2. The van der Waals surface area contributed by atoms with Crippen LogP contribution in [0.25, 0.3) is 0 Å². The molecule has 3 heteroatoms. The van der Waals surface area contributed by atoms with E-state index < -0.39 is 0 Å². The van der Waals surface area contributed by atoms with E-state index >= 15 is 0 Å². The van der Waals surface area contributed by atoms with Gasteiger partial charge in [0.15, 0.2) is 0 Å². The van der Waals surface area contributed by atoms with E-state index in [-0.39, 0.29) is 5.41 Å². The van der Waals surface area contributed by atoms with Crippen LogP contribution >= 0.6 is 11.6 Å². The van der Waals surface area contributed by atoms with Gasteiger partial charge in [-0.3, -0.25) is 4.68 Å². The molecule has 1 rings (SSSR count). The molecule has 2 nitrogen and oxygen atoms in total. The summed E-state index contributed by atoms with van der Waals surface area (Å²) in [6.07, 6.45) is 7.31. The monoisotopic (exact) mass is 214 g/mol. The van der Waals surface area contributed by atoms with Crippen LogP contribution in [0.1, 0.15) is 32.3 Å². The lowest BCUT2D eigenvalue weighted by Crippen LogP contribution is -2.23. The third-order valence-electron chi connectivity index (χ3n) is 3.12. The Morgan fingerprint density at radius 1 is 1.43 bits per heavy atom. The number of nitrogens with zero attached hydrogens (tertiary/aromatic N) is 2. The van der Waals surface area contributed by atoms with E-state index in [9.17, 15) is 0 Å². The quantitative estimate of drug-likeness (QED) is 0.690. The van der Waals surface area contributed by atoms with Gasteiger partial charge in [0, 0.05) is 19.1 Å². The molecule has 14 heavy (non-hydrogen) atoms. The van der Waals surface area contributed by atoms with E-state index in [1.807, 2.05) is 17.9 Å². The van der Waals surface area contributed by atoms with Crippen LogP contribution in [0.4, 0.5) is 0 Å². The Labute approximate surface area is 91.3 Å². The Hall–Kier alpha value is -0.500. The fourth-order valence-electron chi connectivity index (χ4n) is 1.73. The number of hydrogen-bond donors (Lipinski definition) is 0. The number of halogens is 1. The van der Waals surface area contributed by atoms with Gasteiger partial charge < -0.3 is 0 Å². The van der Waals surface area contributed by atoms with Crippen LogP contribution in [0.2, 0.25) is 0 Å². The maximum atomic E-state index is 6.05. The summed E-state index contributed by atoms with van der Waals surface area (Å²) in [6.45, 7) is 4.42. The minimum absolute atomic E-state index is 0.255. The third-order valence-corrected chi connectivity index (χ3v) is 3.69. The highest BCUT2D eigenvalue weighted by Crippen LogP contribution is 2.32. The fraction of sp³-hybridized carbons (Fsp3) is 0.727. The van der Waals surface area contributed by atoms with Gasteiger partial charge in [0.1, 0.15) is 0 Å². The fourth-order valence-corrected chi connectivity index (χ4v) is 2.20. The summed E-state index contributed by atoms with van der Waals surface area (Å²) < 4.78 is 1.85.